The third-order valence-electron chi connectivity index (χ3n) is 1.10. The molecule has 0 aromatic heterocycles. The summed E-state index contributed by atoms with van der Waals surface area (Å²) in [6.45, 7) is 4.00. The lowest BCUT2D eigenvalue weighted by molar-refractivity contribution is 1.03. The SMILES string of the molecule is C\C=C/C=C(\C=C/C)NC. The van der Waals surface area contributed by atoms with Crippen LogP contribution in [-0.4, -0.2) is 7.05 Å². The van der Waals surface area contributed by atoms with Crippen molar-refractivity contribution in [3.63, 3.8) is 0 Å². The fourth-order valence-electron chi connectivity index (χ4n) is 0.602. The zero-order valence-corrected chi connectivity index (χ0v) is 6.89. The van der Waals surface area contributed by atoms with E-state index in [2.05, 4.69) is 5.32 Å². The lowest BCUT2D eigenvalue weighted by Crippen LogP contribution is -2.01. The lowest BCUT2D eigenvalue weighted by Gasteiger charge is -1.96. The predicted molar refractivity (Wildman–Crippen MR) is 46.8 cm³/mol. The number of hydrogen-bond donors (Lipinski definition) is 1. The highest BCUT2D eigenvalue weighted by atomic mass is 14.8. The molecule has 0 fully saturated rings. The summed E-state index contributed by atoms with van der Waals surface area (Å²) in [6.07, 6.45) is 10.1. The molecule has 0 aliphatic heterocycles. The van der Waals surface area contributed by atoms with Gasteiger partial charge in [0.2, 0.25) is 0 Å². The van der Waals surface area contributed by atoms with Gasteiger partial charge in [-0.05, 0) is 26.0 Å². The molecular formula is C9H15N. The molecule has 1 heteroatoms. The molecule has 0 aromatic rings. The predicted octanol–water partition coefficient (Wildman–Crippen LogP) is 2.24. The van der Waals surface area contributed by atoms with Crippen molar-refractivity contribution in [1.82, 2.24) is 5.32 Å². The van der Waals surface area contributed by atoms with E-state index in [0.717, 1.165) is 5.70 Å². The monoisotopic (exact) mass is 137 g/mol. The van der Waals surface area contributed by atoms with Crippen LogP contribution in [0.25, 0.3) is 0 Å². The molecule has 0 unspecified atom stereocenters. The minimum absolute atomic E-state index is 1.13. The number of allylic oxidation sites excluding steroid dienone is 5. The maximum Gasteiger partial charge on any atom is 0.0334 e. The van der Waals surface area contributed by atoms with E-state index in [9.17, 15) is 0 Å². The maximum atomic E-state index is 3.06. The fourth-order valence-corrected chi connectivity index (χ4v) is 0.602. The molecule has 0 bridgehead atoms. The number of hydrogen-bond acceptors (Lipinski definition) is 1. The first-order valence-corrected chi connectivity index (χ1v) is 3.48. The first-order valence-electron chi connectivity index (χ1n) is 3.48. The van der Waals surface area contributed by atoms with Gasteiger partial charge in [0.1, 0.15) is 0 Å². The van der Waals surface area contributed by atoms with E-state index in [4.69, 9.17) is 0 Å². The van der Waals surface area contributed by atoms with Crippen LogP contribution in [-0.2, 0) is 0 Å². The van der Waals surface area contributed by atoms with Gasteiger partial charge in [0.15, 0.2) is 0 Å². The second-order valence-corrected chi connectivity index (χ2v) is 1.90. The highest BCUT2D eigenvalue weighted by Crippen LogP contribution is 1.90. The standard InChI is InChI=1S/C9H15N/c1-4-6-8-9(10-3)7-5-2/h4-8,10H,1-3H3/b6-4-,7-5-,9-8+. The smallest absolute Gasteiger partial charge is 0.0334 e. The van der Waals surface area contributed by atoms with E-state index in [-0.39, 0.29) is 0 Å². The molecule has 0 aliphatic carbocycles. The van der Waals surface area contributed by atoms with Crippen molar-refractivity contribution in [2.75, 3.05) is 7.05 Å². The zero-order chi connectivity index (χ0) is 7.82. The summed E-state index contributed by atoms with van der Waals surface area (Å²) >= 11 is 0. The van der Waals surface area contributed by atoms with Crippen LogP contribution >= 0.6 is 0 Å². The van der Waals surface area contributed by atoms with Crippen LogP contribution in [0.1, 0.15) is 13.8 Å². The van der Waals surface area contributed by atoms with E-state index >= 15 is 0 Å². The summed E-state index contributed by atoms with van der Waals surface area (Å²) in [4.78, 5) is 0. The molecule has 0 rings (SSSR count). The minimum atomic E-state index is 1.13. The molecule has 0 aliphatic rings. The van der Waals surface area contributed by atoms with Gasteiger partial charge in [0.05, 0.1) is 0 Å². The topological polar surface area (TPSA) is 12.0 Å². The molecule has 10 heavy (non-hydrogen) atoms. The van der Waals surface area contributed by atoms with Gasteiger partial charge in [0, 0.05) is 12.7 Å². The Labute approximate surface area is 63.1 Å². The van der Waals surface area contributed by atoms with Gasteiger partial charge in [-0.2, -0.15) is 0 Å². The van der Waals surface area contributed by atoms with Gasteiger partial charge in [0.25, 0.3) is 0 Å². The van der Waals surface area contributed by atoms with E-state index < -0.39 is 0 Å². The van der Waals surface area contributed by atoms with E-state index in [0.29, 0.717) is 0 Å². The van der Waals surface area contributed by atoms with Crippen molar-refractivity contribution in [1.29, 1.82) is 0 Å². The fraction of sp³-hybridized carbons (Fsp3) is 0.333. The molecule has 0 atom stereocenters. The van der Waals surface area contributed by atoms with Crippen LogP contribution in [0.5, 0.6) is 0 Å². The summed E-state index contributed by atoms with van der Waals surface area (Å²) in [5.74, 6) is 0. The molecule has 0 spiro atoms. The van der Waals surface area contributed by atoms with Crippen LogP contribution in [0.4, 0.5) is 0 Å². The van der Waals surface area contributed by atoms with Crippen molar-refractivity contribution in [3.05, 3.63) is 36.1 Å². The average Bonchev–Trinajstić information content (AvgIpc) is 1.98. The van der Waals surface area contributed by atoms with Crippen molar-refractivity contribution in [2.24, 2.45) is 0 Å². The Morgan fingerprint density at radius 1 is 1.20 bits per heavy atom. The number of likely N-dealkylation sites (N-methyl/N-ethyl adjacent to an activating group) is 1. The van der Waals surface area contributed by atoms with E-state index in [1.54, 1.807) is 0 Å². The van der Waals surface area contributed by atoms with Gasteiger partial charge in [-0.15, -0.1) is 0 Å². The van der Waals surface area contributed by atoms with E-state index in [1.165, 1.54) is 0 Å². The largest absolute Gasteiger partial charge is 0.388 e. The Morgan fingerprint density at radius 3 is 2.30 bits per heavy atom. The maximum absolute atomic E-state index is 3.06. The first-order chi connectivity index (χ1) is 4.85. The summed E-state index contributed by atoms with van der Waals surface area (Å²) in [7, 11) is 1.91. The summed E-state index contributed by atoms with van der Waals surface area (Å²) in [6, 6.07) is 0. The molecule has 0 saturated heterocycles. The normalized spacial score (nSPS) is 13.3. The van der Waals surface area contributed by atoms with Crippen LogP contribution in [0, 0.1) is 0 Å². The molecule has 1 nitrogen and oxygen atoms in total. The van der Waals surface area contributed by atoms with Gasteiger partial charge in [-0.3, -0.25) is 0 Å². The zero-order valence-electron chi connectivity index (χ0n) is 6.89. The third kappa shape index (κ3) is 3.96. The number of rotatable bonds is 3. The van der Waals surface area contributed by atoms with E-state index in [1.807, 2.05) is 51.3 Å². The van der Waals surface area contributed by atoms with Crippen molar-refractivity contribution in [3.8, 4) is 0 Å². The summed E-state index contributed by atoms with van der Waals surface area (Å²) in [5, 5.41) is 3.06. The van der Waals surface area contributed by atoms with Gasteiger partial charge < -0.3 is 5.32 Å². The highest BCUT2D eigenvalue weighted by molar-refractivity contribution is 5.20. The van der Waals surface area contributed by atoms with Crippen LogP contribution < -0.4 is 5.32 Å². The van der Waals surface area contributed by atoms with Crippen LogP contribution in [0.3, 0.4) is 0 Å². The minimum Gasteiger partial charge on any atom is -0.388 e. The third-order valence-corrected chi connectivity index (χ3v) is 1.10. The molecular weight excluding hydrogens is 122 g/mol. The second-order valence-electron chi connectivity index (χ2n) is 1.90. The summed E-state index contributed by atoms with van der Waals surface area (Å²) in [5.41, 5.74) is 1.13. The van der Waals surface area contributed by atoms with Gasteiger partial charge in [-0.25, -0.2) is 0 Å². The Balaban J connectivity index is 4.04. The lowest BCUT2D eigenvalue weighted by atomic mass is 10.3. The molecule has 56 valence electrons. The molecule has 0 heterocycles. The molecule has 1 N–H and O–H groups in total. The quantitative estimate of drug-likeness (QED) is 0.588. The molecule has 0 amide bonds. The Morgan fingerprint density at radius 2 is 1.90 bits per heavy atom. The highest BCUT2D eigenvalue weighted by Gasteiger charge is 1.79. The Bertz CT molecular complexity index is 152. The van der Waals surface area contributed by atoms with Crippen molar-refractivity contribution in [2.45, 2.75) is 13.8 Å². The molecule has 0 saturated carbocycles. The van der Waals surface area contributed by atoms with Crippen LogP contribution in [0.15, 0.2) is 36.1 Å². The second kappa shape index (κ2) is 6.14. The summed E-state index contributed by atoms with van der Waals surface area (Å²) < 4.78 is 0. The first kappa shape index (κ1) is 9.02. The average molecular weight is 137 g/mol. The van der Waals surface area contributed by atoms with Crippen molar-refractivity contribution >= 4 is 0 Å². The van der Waals surface area contributed by atoms with Gasteiger partial charge >= 0.3 is 0 Å². The molecule has 0 radical (unpaired) electrons. The Kier molecular flexibility index (Phi) is 5.54. The van der Waals surface area contributed by atoms with Crippen molar-refractivity contribution < 1.29 is 0 Å². The molecule has 0 aromatic carbocycles. The van der Waals surface area contributed by atoms with Gasteiger partial charge in [-0.1, -0.05) is 18.2 Å². The van der Waals surface area contributed by atoms with Crippen LogP contribution in [0.2, 0.25) is 0 Å². The number of nitrogens with one attached hydrogen (secondary N) is 1. The Hall–Kier alpha value is -0.980.